The van der Waals surface area contributed by atoms with Crippen LogP contribution in [0.1, 0.15) is 24.3 Å². The average Bonchev–Trinajstić information content (AvgIpc) is 2.97. The van der Waals surface area contributed by atoms with Gasteiger partial charge in [0.2, 0.25) is 11.8 Å². The van der Waals surface area contributed by atoms with Gasteiger partial charge in [0.25, 0.3) is 0 Å². The molecule has 1 aromatic heterocycles. The number of piperidine rings is 1. The van der Waals surface area contributed by atoms with Crippen LogP contribution in [0, 0.1) is 6.92 Å². The molecule has 6 nitrogen and oxygen atoms in total. The molecule has 0 radical (unpaired) electrons. The van der Waals surface area contributed by atoms with Crippen LogP contribution in [0.25, 0.3) is 11.5 Å². The van der Waals surface area contributed by atoms with E-state index in [9.17, 15) is 9.90 Å². The maximum Gasteiger partial charge on any atom is 0.236 e. The van der Waals surface area contributed by atoms with Crippen LogP contribution in [-0.4, -0.2) is 58.6 Å². The van der Waals surface area contributed by atoms with Crippen LogP contribution in [0.4, 0.5) is 0 Å². The molecule has 1 N–H and O–H groups in total. The highest BCUT2D eigenvalue weighted by Crippen LogP contribution is 2.22. The van der Waals surface area contributed by atoms with Crippen molar-refractivity contribution in [2.45, 2.75) is 32.4 Å². The van der Waals surface area contributed by atoms with Crippen molar-refractivity contribution in [1.29, 1.82) is 0 Å². The molecular formula is C19H25N3O3. The molecule has 0 unspecified atom stereocenters. The van der Waals surface area contributed by atoms with Crippen molar-refractivity contribution in [2.75, 3.05) is 26.7 Å². The van der Waals surface area contributed by atoms with E-state index in [1.807, 2.05) is 54.1 Å². The van der Waals surface area contributed by atoms with E-state index in [0.717, 1.165) is 17.0 Å². The summed E-state index contributed by atoms with van der Waals surface area (Å²) >= 11 is 0. The zero-order valence-electron chi connectivity index (χ0n) is 14.8. The van der Waals surface area contributed by atoms with Crippen molar-refractivity contribution in [3.05, 3.63) is 41.8 Å². The van der Waals surface area contributed by atoms with E-state index >= 15 is 0 Å². The third-order valence-electron chi connectivity index (χ3n) is 4.56. The molecular weight excluding hydrogens is 318 g/mol. The number of hydrogen-bond donors (Lipinski definition) is 1. The number of nitrogens with zero attached hydrogens (tertiary/aromatic N) is 3. The van der Waals surface area contributed by atoms with Crippen LogP contribution in [0.3, 0.4) is 0 Å². The first-order chi connectivity index (χ1) is 12.0. The fourth-order valence-corrected chi connectivity index (χ4v) is 3.04. The van der Waals surface area contributed by atoms with Crippen molar-refractivity contribution in [3.63, 3.8) is 0 Å². The first kappa shape index (κ1) is 17.6. The van der Waals surface area contributed by atoms with Gasteiger partial charge < -0.3 is 14.4 Å². The summed E-state index contributed by atoms with van der Waals surface area (Å²) in [5, 5.41) is 9.55. The average molecular weight is 343 g/mol. The third kappa shape index (κ3) is 4.46. The lowest BCUT2D eigenvalue weighted by Gasteiger charge is -2.30. The molecule has 3 rings (SSSR count). The van der Waals surface area contributed by atoms with Crippen LogP contribution < -0.4 is 0 Å². The lowest BCUT2D eigenvalue weighted by molar-refractivity contribution is -0.134. The Morgan fingerprint density at radius 3 is 2.68 bits per heavy atom. The van der Waals surface area contributed by atoms with Gasteiger partial charge in [-0.25, -0.2) is 4.98 Å². The molecule has 2 heterocycles. The van der Waals surface area contributed by atoms with E-state index in [4.69, 9.17) is 4.42 Å². The summed E-state index contributed by atoms with van der Waals surface area (Å²) in [5.41, 5.74) is 1.80. The Balaban J connectivity index is 1.58. The second kappa shape index (κ2) is 7.80. The van der Waals surface area contributed by atoms with Crippen molar-refractivity contribution in [2.24, 2.45) is 0 Å². The number of oxazole rings is 1. The lowest BCUT2D eigenvalue weighted by Crippen LogP contribution is -2.44. The predicted molar refractivity (Wildman–Crippen MR) is 94.8 cm³/mol. The molecule has 0 aliphatic carbocycles. The zero-order valence-corrected chi connectivity index (χ0v) is 14.8. The second-order valence-electron chi connectivity index (χ2n) is 6.67. The number of benzene rings is 1. The summed E-state index contributed by atoms with van der Waals surface area (Å²) in [6, 6.07) is 9.79. The van der Waals surface area contributed by atoms with E-state index in [-0.39, 0.29) is 12.0 Å². The van der Waals surface area contributed by atoms with E-state index in [2.05, 4.69) is 4.98 Å². The van der Waals surface area contributed by atoms with Gasteiger partial charge in [0, 0.05) is 25.2 Å². The Kier molecular flexibility index (Phi) is 5.50. The van der Waals surface area contributed by atoms with Crippen LogP contribution in [0.2, 0.25) is 0 Å². The lowest BCUT2D eigenvalue weighted by atomic mass is 10.1. The molecule has 1 saturated heterocycles. The molecule has 6 heteroatoms. The number of aliphatic hydroxyl groups excluding tert-OH is 1. The summed E-state index contributed by atoms with van der Waals surface area (Å²) in [6.45, 7) is 4.06. The molecule has 1 aliphatic rings. The summed E-state index contributed by atoms with van der Waals surface area (Å²) < 4.78 is 5.77. The quantitative estimate of drug-likeness (QED) is 0.900. The number of carbonyl (C=O) groups is 1. The minimum Gasteiger partial charge on any atom is -0.441 e. The fourth-order valence-electron chi connectivity index (χ4n) is 3.04. The Morgan fingerprint density at radius 1 is 1.32 bits per heavy atom. The van der Waals surface area contributed by atoms with Crippen molar-refractivity contribution in [3.8, 4) is 11.5 Å². The molecule has 0 bridgehead atoms. The maximum absolute atomic E-state index is 12.4. The monoisotopic (exact) mass is 343 g/mol. The molecule has 1 aromatic carbocycles. The van der Waals surface area contributed by atoms with Gasteiger partial charge in [-0.2, -0.15) is 0 Å². The number of likely N-dealkylation sites (N-methyl/N-ethyl adjacent to an activating group) is 1. The topological polar surface area (TPSA) is 69.8 Å². The Labute approximate surface area is 148 Å². The Bertz CT molecular complexity index is 706. The van der Waals surface area contributed by atoms with E-state index in [1.165, 1.54) is 0 Å². The Hall–Kier alpha value is -2.18. The summed E-state index contributed by atoms with van der Waals surface area (Å²) in [6.07, 6.45) is 1.06. The zero-order chi connectivity index (χ0) is 17.8. The van der Waals surface area contributed by atoms with Crippen molar-refractivity contribution < 1.29 is 14.3 Å². The SMILES string of the molecule is Cc1oc(-c2ccccc2)nc1CN(C)CC(=O)N1CCC(O)CC1. The molecule has 0 spiro atoms. The van der Waals surface area contributed by atoms with Gasteiger partial charge in [0.05, 0.1) is 18.3 Å². The first-order valence-electron chi connectivity index (χ1n) is 8.69. The molecule has 0 saturated carbocycles. The highest BCUT2D eigenvalue weighted by atomic mass is 16.4. The molecule has 0 atom stereocenters. The number of amides is 1. The van der Waals surface area contributed by atoms with Gasteiger partial charge >= 0.3 is 0 Å². The van der Waals surface area contributed by atoms with Crippen LogP contribution in [-0.2, 0) is 11.3 Å². The second-order valence-corrected chi connectivity index (χ2v) is 6.67. The van der Waals surface area contributed by atoms with E-state index < -0.39 is 0 Å². The largest absolute Gasteiger partial charge is 0.441 e. The van der Waals surface area contributed by atoms with Crippen LogP contribution in [0.5, 0.6) is 0 Å². The van der Waals surface area contributed by atoms with Gasteiger partial charge in [-0.1, -0.05) is 18.2 Å². The highest BCUT2D eigenvalue weighted by Gasteiger charge is 2.22. The van der Waals surface area contributed by atoms with E-state index in [0.29, 0.717) is 44.9 Å². The van der Waals surface area contributed by atoms with Gasteiger partial charge in [0.15, 0.2) is 0 Å². The van der Waals surface area contributed by atoms with Crippen LogP contribution in [0.15, 0.2) is 34.7 Å². The predicted octanol–water partition coefficient (Wildman–Crippen LogP) is 2.07. The van der Waals surface area contributed by atoms with Crippen molar-refractivity contribution in [1.82, 2.24) is 14.8 Å². The Morgan fingerprint density at radius 2 is 2.00 bits per heavy atom. The minimum absolute atomic E-state index is 0.0961. The number of rotatable bonds is 5. The highest BCUT2D eigenvalue weighted by molar-refractivity contribution is 5.78. The normalized spacial score (nSPS) is 15.8. The van der Waals surface area contributed by atoms with Crippen LogP contribution >= 0.6 is 0 Å². The number of hydrogen-bond acceptors (Lipinski definition) is 5. The number of carbonyl (C=O) groups excluding carboxylic acids is 1. The summed E-state index contributed by atoms with van der Waals surface area (Å²) in [7, 11) is 1.91. The van der Waals surface area contributed by atoms with Gasteiger partial charge in [0.1, 0.15) is 5.76 Å². The molecule has 1 aliphatic heterocycles. The molecule has 1 fully saturated rings. The number of aromatic nitrogens is 1. The smallest absolute Gasteiger partial charge is 0.236 e. The van der Waals surface area contributed by atoms with Gasteiger partial charge in [-0.15, -0.1) is 0 Å². The van der Waals surface area contributed by atoms with Crippen molar-refractivity contribution >= 4 is 5.91 Å². The summed E-state index contributed by atoms with van der Waals surface area (Å²) in [4.78, 5) is 20.7. The fraction of sp³-hybridized carbons (Fsp3) is 0.474. The number of aliphatic hydroxyl groups is 1. The van der Waals surface area contributed by atoms with E-state index in [1.54, 1.807) is 0 Å². The minimum atomic E-state index is -0.268. The number of likely N-dealkylation sites (tertiary alicyclic amines) is 1. The first-order valence-corrected chi connectivity index (χ1v) is 8.69. The van der Waals surface area contributed by atoms with Gasteiger partial charge in [-0.3, -0.25) is 9.69 Å². The molecule has 25 heavy (non-hydrogen) atoms. The van der Waals surface area contributed by atoms with Gasteiger partial charge in [-0.05, 0) is 38.9 Å². The standard InChI is InChI=1S/C19H25N3O3/c1-14-17(20-19(25-14)15-6-4-3-5-7-15)12-21(2)13-18(24)22-10-8-16(23)9-11-22/h3-7,16,23H,8-13H2,1-2H3. The molecule has 1 amide bonds. The number of aryl methyl sites for hydroxylation is 1. The third-order valence-corrected chi connectivity index (χ3v) is 4.56. The summed E-state index contributed by atoms with van der Waals surface area (Å²) in [5.74, 6) is 1.48. The molecule has 2 aromatic rings. The molecule has 134 valence electrons. The maximum atomic E-state index is 12.4.